The van der Waals surface area contributed by atoms with E-state index in [1.165, 1.54) is 44.2 Å². The molecule has 0 aliphatic carbocycles. The second-order valence-electron chi connectivity index (χ2n) is 4.11. The van der Waals surface area contributed by atoms with Crippen LogP contribution in [0.4, 0.5) is 0 Å². The highest BCUT2D eigenvalue weighted by Crippen LogP contribution is 2.25. The summed E-state index contributed by atoms with van der Waals surface area (Å²) < 4.78 is 0. The summed E-state index contributed by atoms with van der Waals surface area (Å²) in [6.07, 6.45) is 13.1. The fourth-order valence-electron chi connectivity index (χ4n) is 1.86. The van der Waals surface area contributed by atoms with Crippen LogP contribution in [0.1, 0.15) is 64.0 Å². The van der Waals surface area contributed by atoms with Crippen LogP contribution in [0.3, 0.4) is 0 Å². The molecular formula is C13H22N2. The van der Waals surface area contributed by atoms with Gasteiger partial charge in [-0.25, -0.2) is 0 Å². The first-order valence-corrected chi connectivity index (χ1v) is 6.14. The Bertz CT molecular complexity index is 238. The van der Waals surface area contributed by atoms with Crippen molar-refractivity contribution >= 4 is 0 Å². The molecule has 0 saturated carbocycles. The van der Waals surface area contributed by atoms with Crippen molar-refractivity contribution in [3.05, 3.63) is 24.3 Å². The third-order valence-corrected chi connectivity index (χ3v) is 2.81. The highest BCUT2D eigenvalue weighted by atomic mass is 14.8. The molecule has 0 radical (unpaired) electrons. The van der Waals surface area contributed by atoms with Crippen molar-refractivity contribution in [2.24, 2.45) is 0 Å². The van der Waals surface area contributed by atoms with Crippen molar-refractivity contribution in [1.82, 2.24) is 9.97 Å². The molecule has 1 aromatic rings. The maximum Gasteiger partial charge on any atom is 0.0617 e. The summed E-state index contributed by atoms with van der Waals surface area (Å²) in [4.78, 5) is 8.58. The molecule has 0 bridgehead atoms. The summed E-state index contributed by atoms with van der Waals surface area (Å²) in [6.45, 7) is 4.49. The Morgan fingerprint density at radius 1 is 1.07 bits per heavy atom. The van der Waals surface area contributed by atoms with E-state index in [1.807, 2.05) is 6.20 Å². The van der Waals surface area contributed by atoms with Gasteiger partial charge in [0, 0.05) is 24.5 Å². The van der Waals surface area contributed by atoms with E-state index in [9.17, 15) is 0 Å². The molecule has 0 fully saturated rings. The summed E-state index contributed by atoms with van der Waals surface area (Å²) in [5, 5.41) is 0. The molecule has 2 nitrogen and oxygen atoms in total. The molecule has 0 aromatic carbocycles. The molecule has 2 heteroatoms. The van der Waals surface area contributed by atoms with E-state index in [0.717, 1.165) is 0 Å². The van der Waals surface area contributed by atoms with Crippen LogP contribution in [-0.4, -0.2) is 9.97 Å². The minimum absolute atomic E-state index is 0.624. The van der Waals surface area contributed by atoms with Gasteiger partial charge in [-0.15, -0.1) is 0 Å². The molecule has 0 N–H and O–H groups in total. The topological polar surface area (TPSA) is 25.8 Å². The second kappa shape index (κ2) is 7.38. The lowest BCUT2D eigenvalue weighted by atomic mass is 9.93. The van der Waals surface area contributed by atoms with Gasteiger partial charge in [-0.2, -0.15) is 0 Å². The van der Waals surface area contributed by atoms with Crippen molar-refractivity contribution in [2.75, 3.05) is 0 Å². The molecular weight excluding hydrogens is 184 g/mol. The van der Waals surface area contributed by atoms with Crippen LogP contribution < -0.4 is 0 Å². The normalized spacial score (nSPS) is 10.9. The van der Waals surface area contributed by atoms with Crippen LogP contribution in [0.25, 0.3) is 0 Å². The van der Waals surface area contributed by atoms with Crippen LogP contribution in [-0.2, 0) is 0 Å². The molecule has 0 aliphatic heterocycles. The highest BCUT2D eigenvalue weighted by molar-refractivity contribution is 5.02. The van der Waals surface area contributed by atoms with E-state index in [1.54, 1.807) is 12.4 Å². The van der Waals surface area contributed by atoms with Gasteiger partial charge in [0.05, 0.1) is 5.69 Å². The lowest BCUT2D eigenvalue weighted by Gasteiger charge is -2.14. The highest BCUT2D eigenvalue weighted by Gasteiger charge is 2.11. The Labute approximate surface area is 93.2 Å². The van der Waals surface area contributed by atoms with E-state index in [0.29, 0.717) is 5.92 Å². The van der Waals surface area contributed by atoms with Crippen LogP contribution in [0.5, 0.6) is 0 Å². The van der Waals surface area contributed by atoms with Gasteiger partial charge in [-0.3, -0.25) is 9.97 Å². The van der Waals surface area contributed by atoms with Gasteiger partial charge in [0.2, 0.25) is 0 Å². The van der Waals surface area contributed by atoms with Crippen molar-refractivity contribution in [3.8, 4) is 0 Å². The van der Waals surface area contributed by atoms with Crippen LogP contribution in [0, 0.1) is 0 Å². The predicted molar refractivity (Wildman–Crippen MR) is 63.8 cm³/mol. The Kier molecular flexibility index (Phi) is 5.98. The van der Waals surface area contributed by atoms with Crippen molar-refractivity contribution in [3.63, 3.8) is 0 Å². The van der Waals surface area contributed by atoms with E-state index < -0.39 is 0 Å². The summed E-state index contributed by atoms with van der Waals surface area (Å²) in [5.41, 5.74) is 1.18. The fraction of sp³-hybridized carbons (Fsp3) is 0.692. The minimum atomic E-state index is 0.624. The first kappa shape index (κ1) is 12.2. The summed E-state index contributed by atoms with van der Waals surface area (Å²) in [5.74, 6) is 0.624. The Morgan fingerprint density at radius 2 is 1.73 bits per heavy atom. The first-order valence-electron chi connectivity index (χ1n) is 6.14. The quantitative estimate of drug-likeness (QED) is 0.675. The third kappa shape index (κ3) is 4.41. The van der Waals surface area contributed by atoms with Crippen LogP contribution >= 0.6 is 0 Å². The predicted octanol–water partition coefficient (Wildman–Crippen LogP) is 3.94. The zero-order valence-corrected chi connectivity index (χ0v) is 9.95. The molecule has 0 amide bonds. The Hall–Kier alpha value is -0.920. The maximum atomic E-state index is 4.42. The SMILES string of the molecule is CCCCC(CCCC)c1cnccn1. The van der Waals surface area contributed by atoms with Crippen LogP contribution in [0.15, 0.2) is 18.6 Å². The van der Waals surface area contributed by atoms with Gasteiger partial charge < -0.3 is 0 Å². The van der Waals surface area contributed by atoms with Gasteiger partial charge >= 0.3 is 0 Å². The average molecular weight is 206 g/mol. The first-order chi connectivity index (χ1) is 7.38. The molecule has 0 spiro atoms. The fourth-order valence-corrected chi connectivity index (χ4v) is 1.86. The van der Waals surface area contributed by atoms with Gasteiger partial charge in [0.1, 0.15) is 0 Å². The summed E-state index contributed by atoms with van der Waals surface area (Å²) in [6, 6.07) is 0. The lowest BCUT2D eigenvalue weighted by Crippen LogP contribution is -2.02. The van der Waals surface area contributed by atoms with E-state index >= 15 is 0 Å². The number of hydrogen-bond acceptors (Lipinski definition) is 2. The van der Waals surface area contributed by atoms with Crippen molar-refractivity contribution in [1.29, 1.82) is 0 Å². The number of aromatic nitrogens is 2. The van der Waals surface area contributed by atoms with Gasteiger partial charge in [-0.1, -0.05) is 39.5 Å². The van der Waals surface area contributed by atoms with Crippen molar-refractivity contribution in [2.45, 2.75) is 58.3 Å². The molecule has 0 atom stereocenters. The molecule has 1 rings (SSSR count). The smallest absolute Gasteiger partial charge is 0.0617 e. The number of hydrogen-bond donors (Lipinski definition) is 0. The zero-order valence-electron chi connectivity index (χ0n) is 9.95. The Balaban J connectivity index is 2.55. The molecule has 84 valence electrons. The van der Waals surface area contributed by atoms with Gasteiger partial charge in [0.25, 0.3) is 0 Å². The van der Waals surface area contributed by atoms with Gasteiger partial charge in [-0.05, 0) is 12.8 Å². The molecule has 0 aliphatic rings. The lowest BCUT2D eigenvalue weighted by molar-refractivity contribution is 0.513. The second-order valence-corrected chi connectivity index (χ2v) is 4.11. The van der Waals surface area contributed by atoms with E-state index in [2.05, 4.69) is 23.8 Å². The van der Waals surface area contributed by atoms with Crippen LogP contribution in [0.2, 0.25) is 0 Å². The maximum absolute atomic E-state index is 4.42. The standard InChI is InChI=1S/C13H22N2/c1-3-5-7-12(8-6-4-2)13-11-14-9-10-15-13/h9-12H,3-8H2,1-2H3. The van der Waals surface area contributed by atoms with Crippen molar-refractivity contribution < 1.29 is 0 Å². The number of nitrogens with zero attached hydrogens (tertiary/aromatic N) is 2. The molecule has 1 heterocycles. The van der Waals surface area contributed by atoms with E-state index in [-0.39, 0.29) is 0 Å². The summed E-state index contributed by atoms with van der Waals surface area (Å²) in [7, 11) is 0. The van der Waals surface area contributed by atoms with E-state index in [4.69, 9.17) is 0 Å². The average Bonchev–Trinajstić information content (AvgIpc) is 2.30. The minimum Gasteiger partial charge on any atom is -0.261 e. The molecule has 0 unspecified atom stereocenters. The molecule has 0 saturated heterocycles. The largest absolute Gasteiger partial charge is 0.261 e. The number of rotatable bonds is 7. The zero-order chi connectivity index (χ0) is 10.9. The number of unbranched alkanes of at least 4 members (excludes halogenated alkanes) is 2. The van der Waals surface area contributed by atoms with Gasteiger partial charge in [0.15, 0.2) is 0 Å². The Morgan fingerprint density at radius 3 is 2.20 bits per heavy atom. The third-order valence-electron chi connectivity index (χ3n) is 2.81. The molecule has 1 aromatic heterocycles. The molecule has 15 heavy (non-hydrogen) atoms. The monoisotopic (exact) mass is 206 g/mol. The summed E-state index contributed by atoms with van der Waals surface area (Å²) >= 11 is 0.